The van der Waals surface area contributed by atoms with Crippen molar-refractivity contribution in [2.24, 2.45) is 0 Å². The second-order valence-electron chi connectivity index (χ2n) is 7.54. The Morgan fingerprint density at radius 1 is 1.05 bits per heavy atom. The zero-order valence-electron chi connectivity index (χ0n) is 14.2. The molecule has 2 fully saturated rings. The Kier molecular flexibility index (Phi) is 5.81. The maximum atomic E-state index is 2.58. The second kappa shape index (κ2) is 8.04. The molecule has 0 aliphatic carbocycles. The van der Waals surface area contributed by atoms with Crippen molar-refractivity contribution in [2.75, 3.05) is 0 Å². The van der Waals surface area contributed by atoms with Crippen LogP contribution in [0.15, 0.2) is 36.4 Å². The van der Waals surface area contributed by atoms with Crippen LogP contribution in [-0.4, -0.2) is 6.71 Å². The van der Waals surface area contributed by atoms with Crippen molar-refractivity contribution < 1.29 is 0 Å². The summed E-state index contributed by atoms with van der Waals surface area (Å²) < 4.78 is 0. The molecule has 1 atom stereocenters. The van der Waals surface area contributed by atoms with E-state index in [4.69, 9.17) is 0 Å². The van der Waals surface area contributed by atoms with Gasteiger partial charge in [-0.25, -0.2) is 0 Å². The Morgan fingerprint density at radius 3 is 2.27 bits per heavy atom. The number of benzene rings is 1. The molecule has 2 bridgehead atoms. The van der Waals surface area contributed by atoms with E-state index in [9.17, 15) is 0 Å². The molecule has 1 aromatic rings. The normalized spacial score (nSPS) is 26.3. The molecule has 118 valence electrons. The summed E-state index contributed by atoms with van der Waals surface area (Å²) in [5.41, 5.74) is 1.37. The third kappa shape index (κ3) is 3.86. The van der Waals surface area contributed by atoms with Crippen LogP contribution < -0.4 is 0 Å². The lowest BCUT2D eigenvalue weighted by atomic mass is 9.22. The number of fused-ring (bicyclic) bond motifs is 2. The van der Waals surface area contributed by atoms with Gasteiger partial charge in [0.25, 0.3) is 0 Å². The van der Waals surface area contributed by atoms with Crippen molar-refractivity contribution in [2.45, 2.75) is 82.2 Å². The first kappa shape index (κ1) is 15.9. The molecule has 0 amide bonds. The fourth-order valence-corrected chi connectivity index (χ4v) is 5.08. The van der Waals surface area contributed by atoms with Gasteiger partial charge in [0.1, 0.15) is 0 Å². The average Bonchev–Trinajstić information content (AvgIpc) is 2.55. The number of allylic oxidation sites excluding steroid dienone is 1. The summed E-state index contributed by atoms with van der Waals surface area (Å²) in [5.74, 6) is 2.86. The topological polar surface area (TPSA) is 0 Å². The fourth-order valence-electron chi connectivity index (χ4n) is 5.08. The van der Waals surface area contributed by atoms with Gasteiger partial charge >= 0.3 is 0 Å². The van der Waals surface area contributed by atoms with E-state index in [-0.39, 0.29) is 0 Å². The molecule has 2 aliphatic heterocycles. The van der Waals surface area contributed by atoms with Crippen molar-refractivity contribution in [1.29, 1.82) is 0 Å². The molecule has 0 aromatic heterocycles. The molecule has 1 aromatic carbocycles. The predicted molar refractivity (Wildman–Crippen MR) is 99.7 cm³/mol. The maximum Gasteiger partial charge on any atom is 0.153 e. The van der Waals surface area contributed by atoms with Gasteiger partial charge in [0.05, 0.1) is 0 Å². The predicted octanol–water partition coefficient (Wildman–Crippen LogP) is 6.86. The van der Waals surface area contributed by atoms with Crippen LogP contribution in [0.5, 0.6) is 0 Å². The molecular formula is C21H31B. The Hall–Kier alpha value is -0.975. The van der Waals surface area contributed by atoms with Crippen molar-refractivity contribution in [3.8, 4) is 0 Å². The number of hydrogen-bond acceptors (Lipinski definition) is 0. The molecule has 0 nitrogen and oxygen atoms in total. The van der Waals surface area contributed by atoms with E-state index in [0.29, 0.717) is 0 Å². The van der Waals surface area contributed by atoms with E-state index < -0.39 is 0 Å². The van der Waals surface area contributed by atoms with Crippen LogP contribution in [-0.2, 0) is 0 Å². The molecule has 2 aliphatic rings. The highest BCUT2D eigenvalue weighted by molar-refractivity contribution is 6.64. The molecule has 2 saturated heterocycles. The van der Waals surface area contributed by atoms with Gasteiger partial charge in [-0.15, -0.1) is 0 Å². The minimum atomic E-state index is 0.816. The third-order valence-electron chi connectivity index (χ3n) is 6.11. The molecule has 0 saturated carbocycles. The van der Waals surface area contributed by atoms with Gasteiger partial charge in [-0.05, 0) is 11.4 Å². The monoisotopic (exact) mass is 294 g/mol. The van der Waals surface area contributed by atoms with Crippen LogP contribution in [0.25, 0.3) is 6.08 Å². The lowest BCUT2D eigenvalue weighted by Crippen LogP contribution is -2.38. The first-order chi connectivity index (χ1) is 10.9. The van der Waals surface area contributed by atoms with Gasteiger partial charge in [0, 0.05) is 0 Å². The number of unbranched alkanes of at least 4 members (excludes halogenated alkanes) is 1. The van der Waals surface area contributed by atoms with Crippen LogP contribution in [0.3, 0.4) is 0 Å². The van der Waals surface area contributed by atoms with Crippen LogP contribution >= 0.6 is 0 Å². The van der Waals surface area contributed by atoms with Crippen LogP contribution in [0, 0.1) is 0 Å². The summed E-state index contributed by atoms with van der Waals surface area (Å²) in [5, 5.41) is 0. The fraction of sp³-hybridized carbons (Fsp3) is 0.619. The van der Waals surface area contributed by atoms with Crippen LogP contribution in [0.1, 0.15) is 70.3 Å². The molecule has 0 unspecified atom stereocenters. The second-order valence-corrected chi connectivity index (χ2v) is 7.54. The van der Waals surface area contributed by atoms with E-state index in [0.717, 1.165) is 24.2 Å². The SMILES string of the molecule is CCCC[C@H](/C=C/c1ccccc1)B1C2CCCC1CCC2. The van der Waals surface area contributed by atoms with E-state index >= 15 is 0 Å². The Bertz CT molecular complexity index is 442. The van der Waals surface area contributed by atoms with E-state index in [1.54, 1.807) is 0 Å². The van der Waals surface area contributed by atoms with E-state index in [1.807, 2.05) is 0 Å². The standard InChI is InChI=1S/C21H31B/c1-2-3-11-21(17-16-18-9-5-4-6-10-18)22-19-12-7-13-20(22)15-8-14-19/h4-6,9-10,16-17,19-21H,2-3,7-8,11-15H2,1H3/b17-16+/t19?,20?,21-/m1/s1. The highest BCUT2D eigenvalue weighted by Gasteiger charge is 2.42. The molecule has 0 N–H and O–H groups in total. The molecule has 0 spiro atoms. The molecule has 3 rings (SSSR count). The first-order valence-corrected chi connectivity index (χ1v) is 9.61. The summed E-state index contributed by atoms with van der Waals surface area (Å²) >= 11 is 0. The summed E-state index contributed by atoms with van der Waals surface area (Å²) in [7, 11) is 0. The summed E-state index contributed by atoms with van der Waals surface area (Å²) in [6, 6.07) is 10.9. The van der Waals surface area contributed by atoms with E-state index in [2.05, 4.69) is 49.4 Å². The number of rotatable bonds is 6. The molecule has 1 heteroatoms. The van der Waals surface area contributed by atoms with Crippen molar-refractivity contribution in [3.63, 3.8) is 0 Å². The van der Waals surface area contributed by atoms with Gasteiger partial charge < -0.3 is 0 Å². The van der Waals surface area contributed by atoms with Gasteiger partial charge in [0.15, 0.2) is 6.71 Å². The smallest absolute Gasteiger partial charge is 0.0880 e. The lowest BCUT2D eigenvalue weighted by Gasteiger charge is -2.43. The summed E-state index contributed by atoms with van der Waals surface area (Å²) in [6.07, 6.45) is 18.1. The van der Waals surface area contributed by atoms with E-state index in [1.165, 1.54) is 63.4 Å². The minimum Gasteiger partial charge on any atom is -0.0880 e. The highest BCUT2D eigenvalue weighted by Crippen LogP contribution is 2.51. The Labute approximate surface area is 137 Å². The Balaban J connectivity index is 1.75. The van der Waals surface area contributed by atoms with Crippen LogP contribution in [0.2, 0.25) is 17.5 Å². The quantitative estimate of drug-likeness (QED) is 0.502. The van der Waals surface area contributed by atoms with Crippen molar-refractivity contribution in [1.82, 2.24) is 0 Å². The zero-order valence-corrected chi connectivity index (χ0v) is 14.2. The summed E-state index contributed by atoms with van der Waals surface area (Å²) in [4.78, 5) is 0. The first-order valence-electron chi connectivity index (χ1n) is 9.61. The third-order valence-corrected chi connectivity index (χ3v) is 6.11. The minimum absolute atomic E-state index is 0.816. The zero-order chi connectivity index (χ0) is 15.2. The molecule has 22 heavy (non-hydrogen) atoms. The van der Waals surface area contributed by atoms with Gasteiger partial charge in [-0.2, -0.15) is 0 Å². The van der Waals surface area contributed by atoms with Crippen LogP contribution in [0.4, 0.5) is 0 Å². The highest BCUT2D eigenvalue weighted by atomic mass is 14.3. The molecular weight excluding hydrogens is 263 g/mol. The van der Waals surface area contributed by atoms with Gasteiger partial charge in [0.2, 0.25) is 0 Å². The van der Waals surface area contributed by atoms with Gasteiger partial charge in [-0.3, -0.25) is 0 Å². The largest absolute Gasteiger partial charge is 0.153 e. The lowest BCUT2D eigenvalue weighted by molar-refractivity contribution is 0.435. The average molecular weight is 294 g/mol. The van der Waals surface area contributed by atoms with Crippen molar-refractivity contribution >= 4 is 12.8 Å². The maximum absolute atomic E-state index is 2.58. The summed E-state index contributed by atoms with van der Waals surface area (Å²) in [6.45, 7) is 3.31. The number of hydrogen-bond donors (Lipinski definition) is 0. The molecule has 0 radical (unpaired) electrons. The Morgan fingerprint density at radius 2 is 1.68 bits per heavy atom. The molecule has 2 heterocycles. The van der Waals surface area contributed by atoms with Gasteiger partial charge in [-0.1, -0.05) is 119 Å². The van der Waals surface area contributed by atoms with Crippen molar-refractivity contribution in [3.05, 3.63) is 42.0 Å².